The highest BCUT2D eigenvalue weighted by molar-refractivity contribution is 5.99. The molecule has 0 radical (unpaired) electrons. The molecule has 2 aromatic heterocycles. The van der Waals surface area contributed by atoms with Crippen LogP contribution in [0.15, 0.2) is 54.4 Å². The van der Waals surface area contributed by atoms with Crippen LogP contribution in [0.1, 0.15) is 31.7 Å². The second-order valence-electron chi connectivity index (χ2n) is 10.7. The molecule has 2 fully saturated rings. The van der Waals surface area contributed by atoms with Crippen LogP contribution in [0.25, 0.3) is 22.3 Å². The minimum atomic E-state index is -1.19. The highest BCUT2D eigenvalue weighted by Crippen LogP contribution is 2.39. The molecule has 1 atom stereocenters. The number of nitrogen functional groups attached to an aromatic ring is 1. The number of likely N-dealkylation sites (tertiary alicyclic amines) is 1. The number of amides is 1. The van der Waals surface area contributed by atoms with E-state index in [-0.39, 0.29) is 58.2 Å². The zero-order chi connectivity index (χ0) is 30.3. The number of benzene rings is 2. The Kier molecular flexibility index (Phi) is 7.23. The van der Waals surface area contributed by atoms with Crippen LogP contribution in [0.2, 0.25) is 0 Å². The van der Waals surface area contributed by atoms with Crippen LogP contribution in [0, 0.1) is 28.8 Å². The van der Waals surface area contributed by atoms with Crippen LogP contribution in [0.5, 0.6) is 11.5 Å². The fourth-order valence-corrected chi connectivity index (χ4v) is 5.41. The van der Waals surface area contributed by atoms with Gasteiger partial charge in [0.15, 0.2) is 17.2 Å². The first kappa shape index (κ1) is 28.2. The molecule has 1 amide bonds. The third-order valence-corrected chi connectivity index (χ3v) is 7.95. The molecular formula is C30H27F3N8O2. The lowest BCUT2D eigenvalue weighted by Crippen LogP contribution is -2.42. The van der Waals surface area contributed by atoms with Crippen molar-refractivity contribution in [3.63, 3.8) is 0 Å². The van der Waals surface area contributed by atoms with Gasteiger partial charge in [-0.15, -0.1) is 0 Å². The van der Waals surface area contributed by atoms with Crippen LogP contribution in [-0.4, -0.2) is 56.2 Å². The maximum atomic E-state index is 15.5. The van der Waals surface area contributed by atoms with E-state index in [4.69, 9.17) is 15.6 Å². The standard InChI is InChI=1S/C30H27F3N8O2/c1-36-30(9-10-30)13-17(14-34)29(42)40-11-3-4-18(15-40)41-28-24(27(35)37-16-38-28)26(39-41)20-8-7-19(12-22(20)32)43-23-6-2-5-21(31)25(23)33/h2,5-8,12-13,16,18,36H,3-4,9-11,15H2,1H3,(H2,35,37,38). The monoisotopic (exact) mass is 588 g/mol. The van der Waals surface area contributed by atoms with E-state index in [1.165, 1.54) is 30.6 Å². The second kappa shape index (κ2) is 11.0. The second-order valence-corrected chi connectivity index (χ2v) is 10.7. The number of fused-ring (bicyclic) bond motifs is 1. The van der Waals surface area contributed by atoms with E-state index >= 15 is 4.39 Å². The van der Waals surface area contributed by atoms with E-state index in [1.807, 2.05) is 7.05 Å². The number of hydrogen-bond donors (Lipinski definition) is 2. The normalized spacial score (nSPS) is 18.0. The maximum absolute atomic E-state index is 15.5. The van der Waals surface area contributed by atoms with Gasteiger partial charge in [0, 0.05) is 30.3 Å². The number of nitriles is 1. The Morgan fingerprint density at radius 2 is 2.02 bits per heavy atom. The number of ether oxygens (including phenoxy) is 1. The summed E-state index contributed by atoms with van der Waals surface area (Å²) in [6, 6.07) is 9.04. The minimum Gasteiger partial charge on any atom is -0.454 e. The molecule has 1 aliphatic heterocycles. The zero-order valence-corrected chi connectivity index (χ0v) is 23.1. The molecule has 1 aliphatic carbocycles. The topological polar surface area (TPSA) is 135 Å². The summed E-state index contributed by atoms with van der Waals surface area (Å²) in [5.74, 6) is -3.71. The lowest BCUT2D eigenvalue weighted by molar-refractivity contribution is -0.128. The summed E-state index contributed by atoms with van der Waals surface area (Å²) < 4.78 is 50.2. The molecule has 3 N–H and O–H groups in total. The molecule has 13 heteroatoms. The molecule has 2 aliphatic rings. The fraction of sp³-hybridized carbons (Fsp3) is 0.300. The molecule has 220 valence electrons. The van der Waals surface area contributed by atoms with Gasteiger partial charge in [0.1, 0.15) is 41.0 Å². The Morgan fingerprint density at radius 3 is 2.74 bits per heavy atom. The molecule has 10 nitrogen and oxygen atoms in total. The molecule has 43 heavy (non-hydrogen) atoms. The first-order valence-electron chi connectivity index (χ1n) is 13.7. The first-order chi connectivity index (χ1) is 20.7. The molecular weight excluding hydrogens is 561 g/mol. The largest absolute Gasteiger partial charge is 0.454 e. The minimum absolute atomic E-state index is 0.0484. The Hall–Kier alpha value is -4.96. The van der Waals surface area contributed by atoms with Gasteiger partial charge in [-0.1, -0.05) is 6.07 Å². The molecule has 6 rings (SSSR count). The van der Waals surface area contributed by atoms with Crippen LogP contribution >= 0.6 is 0 Å². The summed E-state index contributed by atoms with van der Waals surface area (Å²) in [5, 5.41) is 17.9. The number of carbonyl (C=O) groups excluding carboxylic acids is 1. The Bertz CT molecular complexity index is 1810. The number of likely N-dealkylation sites (N-methyl/N-ethyl adjacent to an activating group) is 1. The zero-order valence-electron chi connectivity index (χ0n) is 23.1. The number of carbonyl (C=O) groups is 1. The highest BCUT2D eigenvalue weighted by atomic mass is 19.2. The first-order valence-corrected chi connectivity index (χ1v) is 13.7. The number of anilines is 1. The lowest BCUT2D eigenvalue weighted by atomic mass is 10.0. The number of nitrogens with two attached hydrogens (primary N) is 1. The van der Waals surface area contributed by atoms with Gasteiger partial charge in [-0.2, -0.15) is 14.8 Å². The smallest absolute Gasteiger partial charge is 0.264 e. The van der Waals surface area contributed by atoms with Crippen LogP contribution in [-0.2, 0) is 4.79 Å². The van der Waals surface area contributed by atoms with Crippen molar-refractivity contribution in [2.24, 2.45) is 0 Å². The molecule has 4 aromatic rings. The van der Waals surface area contributed by atoms with Gasteiger partial charge in [-0.25, -0.2) is 23.4 Å². The predicted molar refractivity (Wildman–Crippen MR) is 151 cm³/mol. The summed E-state index contributed by atoms with van der Waals surface area (Å²) in [6.07, 6.45) is 6.03. The predicted octanol–water partition coefficient (Wildman–Crippen LogP) is 4.65. The van der Waals surface area contributed by atoms with Gasteiger partial charge >= 0.3 is 0 Å². The molecule has 1 saturated heterocycles. The third kappa shape index (κ3) is 5.25. The number of aromatic nitrogens is 4. The van der Waals surface area contributed by atoms with E-state index in [9.17, 15) is 18.8 Å². The maximum Gasteiger partial charge on any atom is 0.264 e. The molecule has 2 aromatic carbocycles. The molecule has 3 heterocycles. The van der Waals surface area contributed by atoms with Gasteiger partial charge in [-0.3, -0.25) is 4.79 Å². The molecule has 1 unspecified atom stereocenters. The Labute approximate surface area is 244 Å². The van der Waals surface area contributed by atoms with Crippen molar-refractivity contribution in [2.75, 3.05) is 25.9 Å². The van der Waals surface area contributed by atoms with E-state index in [0.717, 1.165) is 25.0 Å². The molecule has 0 spiro atoms. The SMILES string of the molecule is CNC1(C=C(C#N)C(=O)N2CCCC(n3nc(-c4ccc(Oc5cccc(F)c5F)cc4F)c4c(N)ncnc43)C2)CC1. The number of nitrogens with one attached hydrogen (secondary N) is 1. The van der Waals surface area contributed by atoms with Gasteiger partial charge in [0.05, 0.1) is 11.4 Å². The van der Waals surface area contributed by atoms with Crippen LogP contribution in [0.4, 0.5) is 19.0 Å². The lowest BCUT2D eigenvalue weighted by Gasteiger charge is -2.33. The van der Waals surface area contributed by atoms with Gasteiger partial charge in [0.2, 0.25) is 5.82 Å². The van der Waals surface area contributed by atoms with Crippen LogP contribution < -0.4 is 15.8 Å². The third-order valence-electron chi connectivity index (χ3n) is 7.95. The van der Waals surface area contributed by atoms with Crippen molar-refractivity contribution in [1.82, 2.24) is 30.0 Å². The van der Waals surface area contributed by atoms with Crippen LogP contribution in [0.3, 0.4) is 0 Å². The van der Waals surface area contributed by atoms with Crippen molar-refractivity contribution in [2.45, 2.75) is 37.3 Å². The van der Waals surface area contributed by atoms with Gasteiger partial charge < -0.3 is 20.7 Å². The summed E-state index contributed by atoms with van der Waals surface area (Å²) in [7, 11) is 1.81. The summed E-state index contributed by atoms with van der Waals surface area (Å²) in [6.45, 7) is 0.741. The van der Waals surface area contributed by atoms with E-state index in [2.05, 4.69) is 21.4 Å². The van der Waals surface area contributed by atoms with Crippen molar-refractivity contribution in [3.05, 3.63) is 71.8 Å². The summed E-state index contributed by atoms with van der Waals surface area (Å²) in [5.41, 5.74) is 6.61. The number of hydrogen-bond acceptors (Lipinski definition) is 8. The molecule has 0 bridgehead atoms. The van der Waals surface area contributed by atoms with Crippen molar-refractivity contribution >= 4 is 22.8 Å². The van der Waals surface area contributed by atoms with Crippen molar-refractivity contribution in [1.29, 1.82) is 5.26 Å². The highest BCUT2D eigenvalue weighted by Gasteiger charge is 2.40. The number of piperidine rings is 1. The summed E-state index contributed by atoms with van der Waals surface area (Å²) >= 11 is 0. The average Bonchev–Trinajstić information content (AvgIpc) is 3.69. The summed E-state index contributed by atoms with van der Waals surface area (Å²) in [4.78, 5) is 23.4. The van der Waals surface area contributed by atoms with Crippen molar-refractivity contribution in [3.8, 4) is 28.8 Å². The van der Waals surface area contributed by atoms with E-state index in [1.54, 1.807) is 15.7 Å². The quantitative estimate of drug-likeness (QED) is 0.235. The van der Waals surface area contributed by atoms with Gasteiger partial charge in [0.25, 0.3) is 5.91 Å². The van der Waals surface area contributed by atoms with Crippen molar-refractivity contribution < 1.29 is 22.7 Å². The molecule has 1 saturated carbocycles. The van der Waals surface area contributed by atoms with E-state index in [0.29, 0.717) is 30.4 Å². The number of halogens is 3. The fourth-order valence-electron chi connectivity index (χ4n) is 5.41. The number of rotatable bonds is 7. The van der Waals surface area contributed by atoms with Gasteiger partial charge in [-0.05, 0) is 63.1 Å². The van der Waals surface area contributed by atoms with E-state index < -0.39 is 17.5 Å². The average molecular weight is 589 g/mol. The Morgan fingerprint density at radius 1 is 1.21 bits per heavy atom. The number of nitrogens with zero attached hydrogens (tertiary/aromatic N) is 6. The Balaban J connectivity index is 1.32.